The van der Waals surface area contributed by atoms with Crippen LogP contribution in [0.1, 0.15) is 16.7 Å². The molecule has 0 heterocycles. The van der Waals surface area contributed by atoms with Gasteiger partial charge in [-0.1, -0.05) is 35.9 Å². The van der Waals surface area contributed by atoms with Gasteiger partial charge >= 0.3 is 0 Å². The molecule has 0 atom stereocenters. The predicted molar refractivity (Wildman–Crippen MR) is 66.1 cm³/mol. The number of aryl methyl sites for hydroxylation is 2. The quantitative estimate of drug-likeness (QED) is 0.697. The monoisotopic (exact) mass is 207 g/mol. The van der Waals surface area contributed by atoms with Crippen LogP contribution < -0.4 is 0 Å². The van der Waals surface area contributed by atoms with Crippen molar-refractivity contribution in [1.29, 1.82) is 5.26 Å². The van der Waals surface area contributed by atoms with Gasteiger partial charge in [-0.25, -0.2) is 0 Å². The smallest absolute Gasteiger partial charge is 0.0991 e. The minimum Gasteiger partial charge on any atom is -0.192 e. The first-order chi connectivity index (χ1) is 7.70. The van der Waals surface area contributed by atoms with Crippen LogP contribution in [0.25, 0.3) is 11.1 Å². The summed E-state index contributed by atoms with van der Waals surface area (Å²) in [6.45, 7) is 4.12. The second-order valence-electron chi connectivity index (χ2n) is 4.01. The second-order valence-corrected chi connectivity index (χ2v) is 4.01. The average Bonchev–Trinajstić information content (AvgIpc) is 2.30. The average molecular weight is 207 g/mol. The molecule has 2 aromatic carbocycles. The summed E-state index contributed by atoms with van der Waals surface area (Å²) in [6, 6.07) is 16.4. The van der Waals surface area contributed by atoms with Crippen LogP contribution >= 0.6 is 0 Å². The molecule has 78 valence electrons. The fourth-order valence-electron chi connectivity index (χ4n) is 1.79. The Labute approximate surface area is 96.0 Å². The summed E-state index contributed by atoms with van der Waals surface area (Å²) in [5.74, 6) is 0. The molecule has 0 spiro atoms. The van der Waals surface area contributed by atoms with Gasteiger partial charge in [0.05, 0.1) is 11.6 Å². The first-order valence-corrected chi connectivity index (χ1v) is 5.28. The zero-order valence-corrected chi connectivity index (χ0v) is 9.49. The highest BCUT2D eigenvalue weighted by Gasteiger charge is 2.02. The molecule has 0 aromatic heterocycles. The molecule has 0 aliphatic rings. The van der Waals surface area contributed by atoms with Crippen molar-refractivity contribution in [3.63, 3.8) is 0 Å². The Hall–Kier alpha value is -2.07. The van der Waals surface area contributed by atoms with Crippen LogP contribution in [-0.4, -0.2) is 0 Å². The lowest BCUT2D eigenvalue weighted by Crippen LogP contribution is -1.85. The lowest BCUT2D eigenvalue weighted by molar-refractivity contribution is 1.40. The maximum absolute atomic E-state index is 8.81. The van der Waals surface area contributed by atoms with Gasteiger partial charge in [0.25, 0.3) is 0 Å². The Balaban J connectivity index is 2.49. The third kappa shape index (κ3) is 1.97. The number of nitrogens with zero attached hydrogens (tertiary/aromatic N) is 1. The van der Waals surface area contributed by atoms with Gasteiger partial charge in [0, 0.05) is 0 Å². The van der Waals surface area contributed by atoms with Crippen molar-refractivity contribution >= 4 is 0 Å². The van der Waals surface area contributed by atoms with Gasteiger partial charge in [0.2, 0.25) is 0 Å². The molecule has 0 unspecified atom stereocenters. The first-order valence-electron chi connectivity index (χ1n) is 5.28. The van der Waals surface area contributed by atoms with E-state index in [0.29, 0.717) is 5.56 Å². The minimum absolute atomic E-state index is 0.716. The summed E-state index contributed by atoms with van der Waals surface area (Å²) in [5, 5.41) is 8.81. The van der Waals surface area contributed by atoms with E-state index >= 15 is 0 Å². The van der Waals surface area contributed by atoms with Crippen LogP contribution in [0.4, 0.5) is 0 Å². The molecule has 1 heteroatoms. The summed E-state index contributed by atoms with van der Waals surface area (Å²) in [6.07, 6.45) is 0. The summed E-state index contributed by atoms with van der Waals surface area (Å²) in [5.41, 5.74) is 5.51. The maximum atomic E-state index is 8.81. The molecule has 0 bridgehead atoms. The van der Waals surface area contributed by atoms with Gasteiger partial charge in [0.15, 0.2) is 0 Å². The third-order valence-corrected chi connectivity index (χ3v) is 2.72. The van der Waals surface area contributed by atoms with Gasteiger partial charge in [-0.2, -0.15) is 5.26 Å². The normalized spacial score (nSPS) is 9.81. The van der Waals surface area contributed by atoms with Gasteiger partial charge < -0.3 is 0 Å². The van der Waals surface area contributed by atoms with E-state index in [1.807, 2.05) is 25.1 Å². The highest BCUT2D eigenvalue weighted by atomic mass is 14.2. The third-order valence-electron chi connectivity index (χ3n) is 2.72. The molecule has 0 radical (unpaired) electrons. The van der Waals surface area contributed by atoms with Crippen molar-refractivity contribution in [1.82, 2.24) is 0 Å². The van der Waals surface area contributed by atoms with Gasteiger partial charge in [-0.05, 0) is 42.7 Å². The van der Waals surface area contributed by atoms with E-state index in [4.69, 9.17) is 5.26 Å². The van der Waals surface area contributed by atoms with Gasteiger partial charge in [-0.3, -0.25) is 0 Å². The number of hydrogen-bond donors (Lipinski definition) is 0. The number of hydrogen-bond acceptors (Lipinski definition) is 1. The fourth-order valence-corrected chi connectivity index (χ4v) is 1.79. The molecule has 0 N–H and O–H groups in total. The van der Waals surface area contributed by atoms with Crippen LogP contribution in [0, 0.1) is 25.2 Å². The van der Waals surface area contributed by atoms with Crippen molar-refractivity contribution in [2.45, 2.75) is 13.8 Å². The van der Waals surface area contributed by atoms with E-state index in [0.717, 1.165) is 5.56 Å². The van der Waals surface area contributed by atoms with Crippen molar-refractivity contribution in [3.05, 3.63) is 59.2 Å². The standard InChI is InChI=1S/C15H13N/c1-11-3-6-14(7-4-11)15-8-5-13(10-16)9-12(15)2/h3-9H,1-2H3. The zero-order chi connectivity index (χ0) is 11.5. The topological polar surface area (TPSA) is 23.8 Å². The number of rotatable bonds is 1. The Bertz CT molecular complexity index is 545. The van der Waals surface area contributed by atoms with E-state index in [1.165, 1.54) is 16.7 Å². The van der Waals surface area contributed by atoms with Gasteiger partial charge in [0.1, 0.15) is 0 Å². The Morgan fingerprint density at radius 1 is 0.938 bits per heavy atom. The highest BCUT2D eigenvalue weighted by Crippen LogP contribution is 2.24. The molecule has 0 saturated carbocycles. The van der Waals surface area contributed by atoms with E-state index in [2.05, 4.69) is 37.3 Å². The molecular formula is C15H13N. The van der Waals surface area contributed by atoms with E-state index in [9.17, 15) is 0 Å². The van der Waals surface area contributed by atoms with E-state index in [-0.39, 0.29) is 0 Å². The summed E-state index contributed by atoms with van der Waals surface area (Å²) in [4.78, 5) is 0. The van der Waals surface area contributed by atoms with Crippen molar-refractivity contribution in [3.8, 4) is 17.2 Å². The minimum atomic E-state index is 0.716. The van der Waals surface area contributed by atoms with Gasteiger partial charge in [-0.15, -0.1) is 0 Å². The molecule has 16 heavy (non-hydrogen) atoms. The summed E-state index contributed by atoms with van der Waals surface area (Å²) >= 11 is 0. The maximum Gasteiger partial charge on any atom is 0.0991 e. The van der Waals surface area contributed by atoms with Crippen molar-refractivity contribution in [2.24, 2.45) is 0 Å². The summed E-state index contributed by atoms with van der Waals surface area (Å²) in [7, 11) is 0. The van der Waals surface area contributed by atoms with Crippen LogP contribution in [-0.2, 0) is 0 Å². The predicted octanol–water partition coefficient (Wildman–Crippen LogP) is 3.84. The fraction of sp³-hybridized carbons (Fsp3) is 0.133. The largest absolute Gasteiger partial charge is 0.192 e. The molecule has 1 nitrogen and oxygen atoms in total. The lowest BCUT2D eigenvalue weighted by atomic mass is 9.98. The molecule has 0 amide bonds. The summed E-state index contributed by atoms with van der Waals surface area (Å²) < 4.78 is 0. The van der Waals surface area contributed by atoms with Crippen molar-refractivity contribution in [2.75, 3.05) is 0 Å². The molecule has 0 saturated heterocycles. The first kappa shape index (κ1) is 10.4. The molecule has 0 aliphatic carbocycles. The van der Waals surface area contributed by atoms with Crippen LogP contribution in [0.3, 0.4) is 0 Å². The molecule has 0 aliphatic heterocycles. The molecule has 0 fully saturated rings. The molecule has 2 aromatic rings. The Morgan fingerprint density at radius 2 is 1.62 bits per heavy atom. The van der Waals surface area contributed by atoms with Crippen LogP contribution in [0.15, 0.2) is 42.5 Å². The highest BCUT2D eigenvalue weighted by molar-refractivity contribution is 5.68. The number of nitriles is 1. The molecular weight excluding hydrogens is 194 g/mol. The number of benzene rings is 2. The van der Waals surface area contributed by atoms with Crippen LogP contribution in [0.2, 0.25) is 0 Å². The van der Waals surface area contributed by atoms with E-state index < -0.39 is 0 Å². The zero-order valence-electron chi connectivity index (χ0n) is 9.49. The Kier molecular flexibility index (Phi) is 2.74. The Morgan fingerprint density at radius 3 is 2.19 bits per heavy atom. The lowest BCUT2D eigenvalue weighted by Gasteiger charge is -2.06. The van der Waals surface area contributed by atoms with E-state index in [1.54, 1.807) is 0 Å². The molecule has 2 rings (SSSR count). The second kappa shape index (κ2) is 4.20. The van der Waals surface area contributed by atoms with Crippen molar-refractivity contribution < 1.29 is 0 Å². The SMILES string of the molecule is Cc1ccc(-c2ccc(C#N)cc2C)cc1. The van der Waals surface area contributed by atoms with Crippen LogP contribution in [0.5, 0.6) is 0 Å².